The first-order valence-electron chi connectivity index (χ1n) is 7.67. The molecular weight excluding hydrogens is 406 g/mol. The predicted octanol–water partition coefficient (Wildman–Crippen LogP) is 3.37. The Labute approximate surface area is 154 Å². The van der Waals surface area contributed by atoms with Gasteiger partial charge in [0.15, 0.2) is 5.96 Å². The molecule has 0 aromatic heterocycles. The van der Waals surface area contributed by atoms with Crippen LogP contribution in [0.25, 0.3) is 0 Å². The number of benzene rings is 1. The first kappa shape index (κ1) is 19.7. The lowest BCUT2D eigenvalue weighted by molar-refractivity contribution is 0.208. The Hall–Kier alpha value is -1.36. The molecule has 1 aromatic rings. The van der Waals surface area contributed by atoms with Crippen molar-refractivity contribution in [1.82, 2.24) is 10.2 Å². The van der Waals surface area contributed by atoms with Crippen LogP contribution in [-0.4, -0.2) is 31.0 Å². The Morgan fingerprint density at radius 2 is 2.04 bits per heavy atom. The van der Waals surface area contributed by atoms with Crippen molar-refractivity contribution >= 4 is 29.9 Å². The minimum absolute atomic E-state index is 0. The fourth-order valence-electron chi connectivity index (χ4n) is 3.12. The molecule has 0 radical (unpaired) electrons. The molecule has 23 heavy (non-hydrogen) atoms. The normalized spacial score (nSPS) is 21.3. The third-order valence-electron chi connectivity index (χ3n) is 3.99. The Balaban J connectivity index is 0.00000264. The van der Waals surface area contributed by atoms with Crippen molar-refractivity contribution < 1.29 is 4.39 Å². The van der Waals surface area contributed by atoms with Gasteiger partial charge >= 0.3 is 0 Å². The number of piperidine rings is 1. The molecule has 0 saturated carbocycles. The summed E-state index contributed by atoms with van der Waals surface area (Å²) in [6.07, 6.45) is 1.23. The van der Waals surface area contributed by atoms with E-state index in [1.54, 1.807) is 13.1 Å². The molecule has 1 heterocycles. The molecule has 0 amide bonds. The zero-order chi connectivity index (χ0) is 16.1. The second-order valence-corrected chi connectivity index (χ2v) is 6.17. The minimum Gasteiger partial charge on any atom is -0.352 e. The van der Waals surface area contributed by atoms with E-state index in [0.29, 0.717) is 29.5 Å². The standard InChI is InChI=1S/C17H23FN4.HI/c1-12-6-13(2)11-22(10-12)17(20-3)21-9-15-7-14(8-19)4-5-16(15)18;/h4-5,7,12-13H,6,9-11H2,1-3H3,(H,20,21);1H. The van der Waals surface area contributed by atoms with Gasteiger partial charge in [-0.2, -0.15) is 5.26 Å². The molecule has 1 aliphatic heterocycles. The minimum atomic E-state index is -0.303. The molecule has 2 unspecified atom stereocenters. The number of rotatable bonds is 2. The molecule has 1 aromatic carbocycles. The molecule has 1 fully saturated rings. The molecule has 126 valence electrons. The predicted molar refractivity (Wildman–Crippen MR) is 101 cm³/mol. The lowest BCUT2D eigenvalue weighted by Crippen LogP contribution is -2.48. The highest BCUT2D eigenvalue weighted by Gasteiger charge is 2.24. The number of halogens is 2. The van der Waals surface area contributed by atoms with Crippen LogP contribution in [0, 0.1) is 29.0 Å². The lowest BCUT2D eigenvalue weighted by Gasteiger charge is -2.37. The number of nitriles is 1. The average Bonchev–Trinajstić information content (AvgIpc) is 2.48. The summed E-state index contributed by atoms with van der Waals surface area (Å²) in [5.74, 6) is 1.74. The maximum absolute atomic E-state index is 13.8. The van der Waals surface area contributed by atoms with Gasteiger partial charge in [-0.1, -0.05) is 13.8 Å². The van der Waals surface area contributed by atoms with Crippen LogP contribution in [0.4, 0.5) is 4.39 Å². The van der Waals surface area contributed by atoms with E-state index < -0.39 is 0 Å². The van der Waals surface area contributed by atoms with Gasteiger partial charge in [-0.3, -0.25) is 4.99 Å². The molecule has 0 aliphatic carbocycles. The van der Waals surface area contributed by atoms with Crippen LogP contribution in [0.5, 0.6) is 0 Å². The monoisotopic (exact) mass is 430 g/mol. The number of nitrogens with one attached hydrogen (secondary N) is 1. The second kappa shape index (κ2) is 9.06. The molecule has 2 atom stereocenters. The van der Waals surface area contributed by atoms with Gasteiger partial charge in [-0.05, 0) is 36.5 Å². The van der Waals surface area contributed by atoms with Crippen LogP contribution >= 0.6 is 24.0 Å². The Kier molecular flexibility index (Phi) is 7.76. The molecular formula is C17H24FIN4. The highest BCUT2D eigenvalue weighted by Crippen LogP contribution is 2.21. The summed E-state index contributed by atoms with van der Waals surface area (Å²) < 4.78 is 13.8. The zero-order valence-corrected chi connectivity index (χ0v) is 16.2. The van der Waals surface area contributed by atoms with E-state index in [1.165, 1.54) is 18.6 Å². The maximum Gasteiger partial charge on any atom is 0.193 e. The van der Waals surface area contributed by atoms with Gasteiger partial charge in [0.2, 0.25) is 0 Å². The maximum atomic E-state index is 13.8. The van der Waals surface area contributed by atoms with E-state index in [2.05, 4.69) is 29.1 Å². The molecule has 1 saturated heterocycles. The van der Waals surface area contributed by atoms with Crippen LogP contribution in [-0.2, 0) is 6.54 Å². The Morgan fingerprint density at radius 3 is 2.61 bits per heavy atom. The van der Waals surface area contributed by atoms with Crippen molar-refractivity contribution in [2.45, 2.75) is 26.8 Å². The topological polar surface area (TPSA) is 51.4 Å². The number of likely N-dealkylation sites (tertiary alicyclic amines) is 1. The fraction of sp³-hybridized carbons (Fsp3) is 0.529. The van der Waals surface area contributed by atoms with Gasteiger partial charge in [0.05, 0.1) is 11.6 Å². The van der Waals surface area contributed by atoms with Gasteiger partial charge in [0.1, 0.15) is 5.82 Å². The highest BCUT2D eigenvalue weighted by atomic mass is 127. The first-order valence-corrected chi connectivity index (χ1v) is 7.67. The summed E-state index contributed by atoms with van der Waals surface area (Å²) in [5.41, 5.74) is 0.951. The lowest BCUT2D eigenvalue weighted by atomic mass is 9.92. The number of guanidine groups is 1. The van der Waals surface area contributed by atoms with E-state index in [9.17, 15) is 4.39 Å². The van der Waals surface area contributed by atoms with E-state index in [4.69, 9.17) is 5.26 Å². The largest absolute Gasteiger partial charge is 0.352 e. The number of aliphatic imine (C=N–C) groups is 1. The third kappa shape index (κ3) is 5.34. The second-order valence-electron chi connectivity index (χ2n) is 6.17. The van der Waals surface area contributed by atoms with Crippen molar-refractivity contribution in [3.8, 4) is 6.07 Å². The third-order valence-corrected chi connectivity index (χ3v) is 3.99. The number of hydrogen-bond donors (Lipinski definition) is 1. The zero-order valence-electron chi connectivity index (χ0n) is 13.8. The van der Waals surface area contributed by atoms with Crippen LogP contribution in [0.1, 0.15) is 31.4 Å². The number of nitrogens with zero attached hydrogens (tertiary/aromatic N) is 3. The number of hydrogen-bond acceptors (Lipinski definition) is 2. The van der Waals surface area contributed by atoms with Gasteiger partial charge in [0, 0.05) is 32.2 Å². The molecule has 6 heteroatoms. The van der Waals surface area contributed by atoms with E-state index in [-0.39, 0.29) is 29.8 Å². The van der Waals surface area contributed by atoms with E-state index in [0.717, 1.165) is 19.0 Å². The van der Waals surface area contributed by atoms with E-state index in [1.807, 2.05) is 6.07 Å². The van der Waals surface area contributed by atoms with Crippen LogP contribution in [0.2, 0.25) is 0 Å². The molecule has 1 N–H and O–H groups in total. The smallest absolute Gasteiger partial charge is 0.193 e. The van der Waals surface area contributed by atoms with Crippen LogP contribution in [0.3, 0.4) is 0 Å². The highest BCUT2D eigenvalue weighted by molar-refractivity contribution is 14.0. The Morgan fingerprint density at radius 1 is 1.39 bits per heavy atom. The summed E-state index contributed by atoms with van der Waals surface area (Å²) >= 11 is 0. The average molecular weight is 430 g/mol. The quantitative estimate of drug-likeness (QED) is 0.445. The first-order chi connectivity index (χ1) is 10.5. The van der Waals surface area contributed by atoms with Gasteiger partial charge in [-0.15, -0.1) is 24.0 Å². The summed E-state index contributed by atoms with van der Waals surface area (Å²) in [5, 5.41) is 12.1. The molecule has 4 nitrogen and oxygen atoms in total. The van der Waals surface area contributed by atoms with Crippen molar-refractivity contribution in [3.63, 3.8) is 0 Å². The van der Waals surface area contributed by atoms with Gasteiger partial charge in [0.25, 0.3) is 0 Å². The summed E-state index contributed by atoms with van der Waals surface area (Å²) in [6.45, 7) is 6.74. The fourth-order valence-corrected chi connectivity index (χ4v) is 3.12. The van der Waals surface area contributed by atoms with E-state index >= 15 is 0 Å². The van der Waals surface area contributed by atoms with Crippen LogP contribution in [0.15, 0.2) is 23.2 Å². The van der Waals surface area contributed by atoms with Crippen molar-refractivity contribution in [1.29, 1.82) is 5.26 Å². The molecule has 0 spiro atoms. The van der Waals surface area contributed by atoms with Crippen molar-refractivity contribution in [3.05, 3.63) is 35.1 Å². The van der Waals surface area contributed by atoms with Gasteiger partial charge in [-0.25, -0.2) is 4.39 Å². The Bertz CT molecular complexity index is 587. The SMILES string of the molecule is CN=C(NCc1cc(C#N)ccc1F)N1CC(C)CC(C)C1.I. The summed E-state index contributed by atoms with van der Waals surface area (Å²) in [7, 11) is 1.74. The van der Waals surface area contributed by atoms with Crippen molar-refractivity contribution in [2.24, 2.45) is 16.8 Å². The molecule has 2 rings (SSSR count). The molecule has 0 bridgehead atoms. The van der Waals surface area contributed by atoms with Crippen LogP contribution < -0.4 is 5.32 Å². The molecule has 1 aliphatic rings. The van der Waals surface area contributed by atoms with Gasteiger partial charge < -0.3 is 10.2 Å². The summed E-state index contributed by atoms with van der Waals surface area (Å²) in [6, 6.07) is 6.44. The van der Waals surface area contributed by atoms with Crippen molar-refractivity contribution in [2.75, 3.05) is 20.1 Å². The summed E-state index contributed by atoms with van der Waals surface area (Å²) in [4.78, 5) is 6.54.